The molecule has 0 fully saturated rings. The molecule has 1 rings (SSSR count). The predicted molar refractivity (Wildman–Crippen MR) is 77.4 cm³/mol. The van der Waals surface area contributed by atoms with Crippen molar-refractivity contribution < 1.29 is 9.53 Å². The Kier molecular flexibility index (Phi) is 5.83. The number of nitrogens with two attached hydrogens (primary N) is 1. The van der Waals surface area contributed by atoms with Crippen LogP contribution in [0.1, 0.15) is 37.3 Å². The fourth-order valence-corrected chi connectivity index (χ4v) is 2.11. The number of likely N-dealkylation sites (N-methyl/N-ethyl adjacent to an activating group) is 1. The van der Waals surface area contributed by atoms with Gasteiger partial charge >= 0.3 is 0 Å². The molecule has 0 radical (unpaired) electrons. The molecular formula is C15H24N2O2. The van der Waals surface area contributed by atoms with Crippen LogP contribution in [0.25, 0.3) is 0 Å². The first-order valence-corrected chi connectivity index (χ1v) is 6.65. The van der Waals surface area contributed by atoms with Crippen molar-refractivity contribution in [2.45, 2.75) is 39.2 Å². The number of rotatable bonds is 7. The molecule has 0 heterocycles. The summed E-state index contributed by atoms with van der Waals surface area (Å²) in [6.07, 6.45) is 0.566. The van der Waals surface area contributed by atoms with Gasteiger partial charge < -0.3 is 15.8 Å². The smallest absolute Gasteiger partial charge is 0.234 e. The van der Waals surface area contributed by atoms with Crippen LogP contribution < -0.4 is 15.8 Å². The molecule has 0 bridgehead atoms. The minimum Gasteiger partial charge on any atom is -0.494 e. The van der Waals surface area contributed by atoms with Crippen LogP contribution in [0.15, 0.2) is 18.2 Å². The minimum absolute atomic E-state index is 0.337. The molecular weight excluding hydrogens is 240 g/mol. The summed E-state index contributed by atoms with van der Waals surface area (Å²) in [5, 5.41) is 2.87. The first kappa shape index (κ1) is 15.5. The summed E-state index contributed by atoms with van der Waals surface area (Å²) < 4.78 is 5.66. The Morgan fingerprint density at radius 1 is 1.42 bits per heavy atom. The molecule has 4 heteroatoms. The average molecular weight is 264 g/mol. The van der Waals surface area contributed by atoms with Gasteiger partial charge in [-0.1, -0.05) is 19.9 Å². The van der Waals surface area contributed by atoms with Crippen LogP contribution >= 0.6 is 0 Å². The Hall–Kier alpha value is -1.55. The highest BCUT2D eigenvalue weighted by molar-refractivity contribution is 5.79. The maximum atomic E-state index is 11.1. The van der Waals surface area contributed by atoms with Crippen molar-refractivity contribution in [1.29, 1.82) is 0 Å². The molecule has 1 unspecified atom stereocenters. The average Bonchev–Trinajstić information content (AvgIpc) is 2.33. The zero-order valence-electron chi connectivity index (χ0n) is 12.2. The Morgan fingerprint density at radius 3 is 2.58 bits per heavy atom. The van der Waals surface area contributed by atoms with Gasteiger partial charge in [0.1, 0.15) is 5.75 Å². The van der Waals surface area contributed by atoms with Gasteiger partial charge in [0.25, 0.3) is 0 Å². The summed E-state index contributed by atoms with van der Waals surface area (Å²) in [5.74, 6) is 0.997. The van der Waals surface area contributed by atoms with E-state index in [1.54, 1.807) is 7.05 Å². The maximum absolute atomic E-state index is 11.1. The van der Waals surface area contributed by atoms with Gasteiger partial charge in [-0.05, 0) is 43.1 Å². The quantitative estimate of drug-likeness (QED) is 0.791. The second kappa shape index (κ2) is 7.14. The van der Waals surface area contributed by atoms with Crippen molar-refractivity contribution in [3.05, 3.63) is 29.3 Å². The molecule has 4 nitrogen and oxygen atoms in total. The summed E-state index contributed by atoms with van der Waals surface area (Å²) in [6.45, 7) is 6.90. The van der Waals surface area contributed by atoms with E-state index in [2.05, 4.69) is 32.2 Å². The highest BCUT2D eigenvalue weighted by atomic mass is 16.5. The Labute approximate surface area is 115 Å². The van der Waals surface area contributed by atoms with E-state index in [1.165, 1.54) is 11.1 Å². The molecule has 0 saturated carbocycles. The second-order valence-corrected chi connectivity index (χ2v) is 5.05. The van der Waals surface area contributed by atoms with Crippen molar-refractivity contribution in [1.82, 2.24) is 5.32 Å². The van der Waals surface area contributed by atoms with Crippen molar-refractivity contribution in [3.8, 4) is 5.75 Å². The van der Waals surface area contributed by atoms with Gasteiger partial charge in [0.2, 0.25) is 5.91 Å². The van der Waals surface area contributed by atoms with Gasteiger partial charge in [-0.25, -0.2) is 0 Å². The SMILES string of the molecule is CNC(CCOc1ccc(C(C)C)c(C)c1)C(N)=O. The molecule has 1 aromatic carbocycles. The molecule has 0 aliphatic carbocycles. The highest BCUT2D eigenvalue weighted by Crippen LogP contribution is 2.23. The molecule has 0 saturated heterocycles. The van der Waals surface area contributed by atoms with Crippen LogP contribution in [-0.4, -0.2) is 25.6 Å². The zero-order valence-corrected chi connectivity index (χ0v) is 12.2. The van der Waals surface area contributed by atoms with E-state index >= 15 is 0 Å². The number of nitrogens with one attached hydrogen (secondary N) is 1. The summed E-state index contributed by atoms with van der Waals surface area (Å²) in [7, 11) is 1.72. The lowest BCUT2D eigenvalue weighted by atomic mass is 9.98. The van der Waals surface area contributed by atoms with Crippen molar-refractivity contribution in [2.75, 3.05) is 13.7 Å². The van der Waals surface area contributed by atoms with Gasteiger partial charge in [-0.3, -0.25) is 4.79 Å². The second-order valence-electron chi connectivity index (χ2n) is 5.05. The van der Waals surface area contributed by atoms with E-state index in [-0.39, 0.29) is 11.9 Å². The van der Waals surface area contributed by atoms with Crippen LogP contribution in [0.2, 0.25) is 0 Å². The number of carbonyl (C=O) groups is 1. The normalized spacial score (nSPS) is 12.5. The van der Waals surface area contributed by atoms with Gasteiger partial charge in [-0.15, -0.1) is 0 Å². The molecule has 0 aliphatic heterocycles. The predicted octanol–water partition coefficient (Wildman–Crippen LogP) is 1.96. The molecule has 19 heavy (non-hydrogen) atoms. The molecule has 0 aliphatic rings. The van der Waals surface area contributed by atoms with Gasteiger partial charge in [0, 0.05) is 6.42 Å². The fourth-order valence-electron chi connectivity index (χ4n) is 2.11. The van der Waals surface area contributed by atoms with Gasteiger partial charge in [-0.2, -0.15) is 0 Å². The molecule has 0 spiro atoms. The lowest BCUT2D eigenvalue weighted by molar-refractivity contribution is -0.120. The first-order chi connectivity index (χ1) is 8.95. The van der Waals surface area contributed by atoms with E-state index in [9.17, 15) is 4.79 Å². The van der Waals surface area contributed by atoms with Crippen molar-refractivity contribution in [3.63, 3.8) is 0 Å². The third kappa shape index (κ3) is 4.56. The minimum atomic E-state index is -0.350. The van der Waals surface area contributed by atoms with E-state index < -0.39 is 0 Å². The van der Waals surface area contributed by atoms with Crippen LogP contribution in [0, 0.1) is 6.92 Å². The number of ether oxygens (including phenoxy) is 1. The third-order valence-electron chi connectivity index (χ3n) is 3.23. The molecule has 1 atom stereocenters. The molecule has 3 N–H and O–H groups in total. The Morgan fingerprint density at radius 2 is 2.11 bits per heavy atom. The van der Waals surface area contributed by atoms with Crippen LogP contribution in [0.4, 0.5) is 0 Å². The molecule has 0 aromatic heterocycles. The number of benzene rings is 1. The summed E-state index contributed by atoms with van der Waals surface area (Å²) in [6, 6.07) is 5.77. The molecule has 106 valence electrons. The van der Waals surface area contributed by atoms with Crippen molar-refractivity contribution >= 4 is 5.91 Å². The van der Waals surface area contributed by atoms with E-state index in [0.717, 1.165) is 5.75 Å². The van der Waals surface area contributed by atoms with E-state index in [0.29, 0.717) is 18.9 Å². The lowest BCUT2D eigenvalue weighted by Gasteiger charge is -2.15. The molecule has 1 amide bonds. The monoisotopic (exact) mass is 264 g/mol. The van der Waals surface area contributed by atoms with Crippen molar-refractivity contribution in [2.24, 2.45) is 5.73 Å². The molecule has 1 aromatic rings. The number of carbonyl (C=O) groups excluding carboxylic acids is 1. The maximum Gasteiger partial charge on any atom is 0.234 e. The van der Waals surface area contributed by atoms with E-state index in [1.807, 2.05) is 12.1 Å². The summed E-state index contributed by atoms with van der Waals surface area (Å²) in [5.41, 5.74) is 7.81. The Balaban J connectivity index is 2.55. The zero-order chi connectivity index (χ0) is 14.4. The van der Waals surface area contributed by atoms with Crippen LogP contribution in [0.3, 0.4) is 0 Å². The fraction of sp³-hybridized carbons (Fsp3) is 0.533. The number of aryl methyl sites for hydroxylation is 1. The summed E-state index contributed by atoms with van der Waals surface area (Å²) >= 11 is 0. The highest BCUT2D eigenvalue weighted by Gasteiger charge is 2.12. The van der Waals surface area contributed by atoms with Gasteiger partial charge in [0.05, 0.1) is 12.6 Å². The first-order valence-electron chi connectivity index (χ1n) is 6.65. The lowest BCUT2D eigenvalue weighted by Crippen LogP contribution is -2.40. The summed E-state index contributed by atoms with van der Waals surface area (Å²) in [4.78, 5) is 11.1. The van der Waals surface area contributed by atoms with Gasteiger partial charge in [0.15, 0.2) is 0 Å². The Bertz CT molecular complexity index is 430. The van der Waals surface area contributed by atoms with Crippen LogP contribution in [0.5, 0.6) is 5.75 Å². The number of primary amides is 1. The van der Waals surface area contributed by atoms with Crippen LogP contribution in [-0.2, 0) is 4.79 Å². The standard InChI is InChI=1S/C15H24N2O2/c1-10(2)13-6-5-12(9-11(13)3)19-8-7-14(17-4)15(16)18/h5-6,9-10,14,17H,7-8H2,1-4H3,(H2,16,18). The number of hydrogen-bond donors (Lipinski definition) is 2. The number of amides is 1. The third-order valence-corrected chi connectivity index (χ3v) is 3.23. The topological polar surface area (TPSA) is 64.3 Å². The van der Waals surface area contributed by atoms with E-state index in [4.69, 9.17) is 10.5 Å². The number of hydrogen-bond acceptors (Lipinski definition) is 3. The largest absolute Gasteiger partial charge is 0.494 e.